The minimum atomic E-state index is -1.38. The number of carboxylic acid groups (broad SMARTS) is 1. The number of fused-ring (bicyclic) bond motifs is 1. The molecule has 1 N–H and O–H groups in total. The number of halogens is 1. The topological polar surface area (TPSA) is 60.4 Å². The maximum atomic E-state index is 10.7. The number of aromatic carboxylic acids is 1. The van der Waals surface area contributed by atoms with Gasteiger partial charge in [-0.25, -0.2) is 0 Å². The predicted octanol–water partition coefficient (Wildman–Crippen LogP) is -1.32. The van der Waals surface area contributed by atoms with Crippen LogP contribution < -0.4 is 34.7 Å². The van der Waals surface area contributed by atoms with Gasteiger partial charge in [0.05, 0.1) is 5.97 Å². The summed E-state index contributed by atoms with van der Waals surface area (Å²) in [6.07, 6.45) is 0. The van der Waals surface area contributed by atoms with E-state index < -0.39 is 5.97 Å². The molecule has 0 atom stereocenters. The van der Waals surface area contributed by atoms with Crippen LogP contribution in [0.15, 0.2) is 34.8 Å². The molecule has 76 valence electrons. The Morgan fingerprint density at radius 1 is 1.19 bits per heavy atom. The Bertz CT molecular complexity index is 554. The predicted molar refractivity (Wildman–Crippen MR) is 57.6 cm³/mol. The van der Waals surface area contributed by atoms with Gasteiger partial charge in [-0.1, -0.05) is 22.0 Å². The van der Waals surface area contributed by atoms with Crippen LogP contribution in [0, 0.1) is 0 Å². The number of hydrogen-bond donors (Lipinski definition) is 1. The minimum Gasteiger partial charge on any atom is -0.545 e. The van der Waals surface area contributed by atoms with Crippen LogP contribution in [-0.2, 0) is 0 Å². The number of rotatable bonds is 1. The molecule has 0 unspecified atom stereocenters. The van der Waals surface area contributed by atoms with Gasteiger partial charge in [0.1, 0.15) is 5.75 Å². The molecule has 3 nitrogen and oxygen atoms in total. The standard InChI is InChI=1S/C11H7BrO3.Na/c12-8-2-1-6-5-10(13)9(11(14)15)4-7(6)3-8;/h1-5,13H,(H,14,15);/q;+1/p-1. The van der Waals surface area contributed by atoms with E-state index in [1.807, 2.05) is 6.07 Å². The van der Waals surface area contributed by atoms with Crippen LogP contribution in [0.5, 0.6) is 5.75 Å². The molecule has 0 aliphatic carbocycles. The second-order valence-electron chi connectivity index (χ2n) is 3.15. The summed E-state index contributed by atoms with van der Waals surface area (Å²) >= 11 is 3.29. The first-order valence-electron chi connectivity index (χ1n) is 4.21. The van der Waals surface area contributed by atoms with E-state index in [1.54, 1.807) is 12.1 Å². The summed E-state index contributed by atoms with van der Waals surface area (Å²) in [5.74, 6) is -1.65. The van der Waals surface area contributed by atoms with Crippen LogP contribution in [0.1, 0.15) is 10.4 Å². The second-order valence-corrected chi connectivity index (χ2v) is 4.06. The average Bonchev–Trinajstić information content (AvgIpc) is 2.17. The fourth-order valence-corrected chi connectivity index (χ4v) is 1.80. The van der Waals surface area contributed by atoms with Gasteiger partial charge in [0, 0.05) is 10.0 Å². The molecule has 2 aromatic rings. The molecule has 16 heavy (non-hydrogen) atoms. The van der Waals surface area contributed by atoms with Crippen molar-refractivity contribution in [1.82, 2.24) is 0 Å². The summed E-state index contributed by atoms with van der Waals surface area (Å²) in [5.41, 5.74) is -0.194. The quantitative estimate of drug-likeness (QED) is 0.662. The molecule has 0 saturated heterocycles. The van der Waals surface area contributed by atoms with E-state index in [-0.39, 0.29) is 40.9 Å². The summed E-state index contributed by atoms with van der Waals surface area (Å²) in [6, 6.07) is 8.19. The third-order valence-electron chi connectivity index (χ3n) is 2.14. The normalized spacial score (nSPS) is 9.81. The number of benzene rings is 2. The van der Waals surface area contributed by atoms with Crippen molar-refractivity contribution in [2.75, 3.05) is 0 Å². The molecule has 0 heterocycles. The van der Waals surface area contributed by atoms with E-state index in [9.17, 15) is 15.0 Å². The third-order valence-corrected chi connectivity index (χ3v) is 2.63. The summed E-state index contributed by atoms with van der Waals surface area (Å²) in [4.78, 5) is 10.7. The summed E-state index contributed by atoms with van der Waals surface area (Å²) in [5, 5.41) is 21.6. The first kappa shape index (κ1) is 13.5. The fraction of sp³-hybridized carbons (Fsp3) is 0. The van der Waals surface area contributed by atoms with Crippen LogP contribution in [-0.4, -0.2) is 11.1 Å². The Hall–Kier alpha value is -0.550. The number of carbonyl (C=O) groups excluding carboxylic acids is 1. The Labute approximate surface area is 123 Å². The molecule has 0 radical (unpaired) electrons. The molecular weight excluding hydrogens is 283 g/mol. The van der Waals surface area contributed by atoms with Crippen LogP contribution in [0.2, 0.25) is 0 Å². The molecule has 2 rings (SSSR count). The first-order valence-corrected chi connectivity index (χ1v) is 5.01. The number of carbonyl (C=O) groups is 1. The van der Waals surface area contributed by atoms with E-state index in [2.05, 4.69) is 15.9 Å². The van der Waals surface area contributed by atoms with Gasteiger partial charge in [0.25, 0.3) is 0 Å². The minimum absolute atomic E-state index is 0. The molecule has 0 spiro atoms. The smallest absolute Gasteiger partial charge is 0.545 e. The van der Waals surface area contributed by atoms with E-state index in [4.69, 9.17) is 0 Å². The van der Waals surface area contributed by atoms with E-state index >= 15 is 0 Å². The van der Waals surface area contributed by atoms with Crippen LogP contribution in [0.4, 0.5) is 0 Å². The zero-order chi connectivity index (χ0) is 11.0. The van der Waals surface area contributed by atoms with Gasteiger partial charge in [0.2, 0.25) is 0 Å². The van der Waals surface area contributed by atoms with E-state index in [0.717, 1.165) is 15.2 Å². The van der Waals surface area contributed by atoms with Crippen LogP contribution in [0.25, 0.3) is 10.8 Å². The molecule has 0 aliphatic heterocycles. The number of carboxylic acids is 1. The SMILES string of the molecule is O=C([O-])c1cc2cc(Br)ccc2cc1O.[Na+]. The maximum Gasteiger partial charge on any atom is 1.00 e. The monoisotopic (exact) mass is 288 g/mol. The maximum absolute atomic E-state index is 10.7. The van der Waals surface area contributed by atoms with Crippen LogP contribution in [0.3, 0.4) is 0 Å². The average molecular weight is 289 g/mol. The second kappa shape index (κ2) is 5.19. The molecule has 0 saturated carbocycles. The van der Waals surface area contributed by atoms with Crippen molar-refractivity contribution in [3.8, 4) is 5.75 Å². The molecule has 0 aromatic heterocycles. The number of phenols is 1. The van der Waals surface area contributed by atoms with Crippen molar-refractivity contribution in [3.63, 3.8) is 0 Å². The Balaban J connectivity index is 0.00000128. The summed E-state index contributed by atoms with van der Waals surface area (Å²) in [6.45, 7) is 0. The summed E-state index contributed by atoms with van der Waals surface area (Å²) in [7, 11) is 0. The van der Waals surface area contributed by atoms with Crippen LogP contribution >= 0.6 is 15.9 Å². The molecule has 2 aromatic carbocycles. The zero-order valence-electron chi connectivity index (χ0n) is 8.53. The molecule has 5 heteroatoms. The summed E-state index contributed by atoms with van der Waals surface area (Å²) < 4.78 is 0.852. The number of hydrogen-bond acceptors (Lipinski definition) is 3. The largest absolute Gasteiger partial charge is 1.00 e. The van der Waals surface area contributed by atoms with Gasteiger partial charge in [-0.3, -0.25) is 0 Å². The van der Waals surface area contributed by atoms with Crippen molar-refractivity contribution >= 4 is 32.7 Å². The molecule has 0 fully saturated rings. The Morgan fingerprint density at radius 2 is 1.88 bits per heavy atom. The molecule has 0 aliphatic rings. The van der Waals surface area contributed by atoms with Crippen molar-refractivity contribution in [2.45, 2.75) is 0 Å². The molecule has 0 bridgehead atoms. The van der Waals surface area contributed by atoms with Gasteiger partial charge < -0.3 is 15.0 Å². The van der Waals surface area contributed by atoms with Crippen molar-refractivity contribution in [2.24, 2.45) is 0 Å². The van der Waals surface area contributed by atoms with E-state index in [1.165, 1.54) is 12.1 Å². The third kappa shape index (κ3) is 2.58. The van der Waals surface area contributed by atoms with Gasteiger partial charge in [0.15, 0.2) is 0 Å². The van der Waals surface area contributed by atoms with Crippen molar-refractivity contribution in [3.05, 3.63) is 40.4 Å². The fourth-order valence-electron chi connectivity index (χ4n) is 1.42. The Morgan fingerprint density at radius 3 is 2.50 bits per heavy atom. The molecule has 0 amide bonds. The van der Waals surface area contributed by atoms with Gasteiger partial charge >= 0.3 is 29.6 Å². The Kier molecular flexibility index (Phi) is 4.38. The number of aromatic hydroxyl groups is 1. The van der Waals surface area contributed by atoms with Gasteiger partial charge in [-0.15, -0.1) is 0 Å². The van der Waals surface area contributed by atoms with Gasteiger partial charge in [-0.2, -0.15) is 0 Å². The van der Waals surface area contributed by atoms with Crippen molar-refractivity contribution < 1.29 is 44.6 Å². The van der Waals surface area contributed by atoms with Crippen molar-refractivity contribution in [1.29, 1.82) is 0 Å². The van der Waals surface area contributed by atoms with Gasteiger partial charge in [-0.05, 0) is 35.0 Å². The van der Waals surface area contributed by atoms with E-state index in [0.29, 0.717) is 0 Å². The first-order chi connectivity index (χ1) is 7.08. The zero-order valence-corrected chi connectivity index (χ0v) is 12.1. The molecular formula is C11H6BrNaO3.